The first kappa shape index (κ1) is 14.9. The van der Waals surface area contributed by atoms with E-state index in [1.807, 2.05) is 36.5 Å². The lowest BCUT2D eigenvalue weighted by atomic mass is 10.0. The predicted octanol–water partition coefficient (Wildman–Crippen LogP) is 3.05. The summed E-state index contributed by atoms with van der Waals surface area (Å²) in [7, 11) is 0. The van der Waals surface area contributed by atoms with Crippen LogP contribution < -0.4 is 10.7 Å². The Morgan fingerprint density at radius 3 is 2.83 bits per heavy atom. The number of hydrogen-bond acceptors (Lipinski definition) is 5. The van der Waals surface area contributed by atoms with E-state index in [9.17, 15) is 10.4 Å². The van der Waals surface area contributed by atoms with Gasteiger partial charge in [0, 0.05) is 40.3 Å². The van der Waals surface area contributed by atoms with Gasteiger partial charge in [0.25, 0.3) is 5.71 Å². The summed E-state index contributed by atoms with van der Waals surface area (Å²) in [6.07, 6.45) is 9.62. The monoisotopic (exact) mass is 327 g/mol. The van der Waals surface area contributed by atoms with Gasteiger partial charge in [-0.3, -0.25) is 5.43 Å². The highest BCUT2D eigenvalue weighted by molar-refractivity contribution is 6.52. The van der Waals surface area contributed by atoms with Crippen molar-refractivity contribution in [3.8, 4) is 0 Å². The second kappa shape index (κ2) is 6.41. The normalized spacial score (nSPS) is 19.3. The number of nitrogens with zero attached hydrogens (tertiary/aromatic N) is 2. The number of benzene rings is 1. The molecule has 7 heteroatoms. The first-order chi connectivity index (χ1) is 11.1. The van der Waals surface area contributed by atoms with Gasteiger partial charge in [-0.15, -0.1) is 0 Å². The van der Waals surface area contributed by atoms with E-state index < -0.39 is 4.90 Å². The average molecular weight is 328 g/mol. The van der Waals surface area contributed by atoms with Crippen LogP contribution in [0.25, 0.3) is 5.57 Å². The second-order valence-corrected chi connectivity index (χ2v) is 5.19. The summed E-state index contributed by atoms with van der Waals surface area (Å²) in [5, 5.41) is 29.6. The van der Waals surface area contributed by atoms with Gasteiger partial charge in [0.15, 0.2) is 5.71 Å². The van der Waals surface area contributed by atoms with Crippen molar-refractivity contribution in [2.45, 2.75) is 0 Å². The highest BCUT2D eigenvalue weighted by atomic mass is 35.5. The Morgan fingerprint density at radius 2 is 2.00 bits per heavy atom. The lowest BCUT2D eigenvalue weighted by Gasteiger charge is -2.15. The fraction of sp³-hybridized carbons (Fsp3) is 0. The molecule has 0 bridgehead atoms. The maximum atomic E-state index is 11.0. The van der Waals surface area contributed by atoms with E-state index in [0.717, 1.165) is 16.8 Å². The SMILES string of the molecule is [O-][N+]([O-])=C1C=CC(Cl)=CC1=NNC=C1C=CNc2ccccc21. The number of hydrazone groups is 1. The standard InChI is InChI=1S/C16H12ClN4O2/c17-12-5-6-16(21(22)23)15(9-12)20-19-10-11-7-8-18-14-4-2-1-3-13(11)14/h1-10,18-19H/q-1. The van der Waals surface area contributed by atoms with Crippen molar-refractivity contribution in [1.82, 2.24) is 5.43 Å². The lowest BCUT2D eigenvalue weighted by molar-refractivity contribution is -0.375. The average Bonchev–Trinajstić information content (AvgIpc) is 2.55. The topological polar surface area (TPSA) is 85.5 Å². The van der Waals surface area contributed by atoms with Gasteiger partial charge in [0.1, 0.15) is 0 Å². The molecule has 1 aliphatic carbocycles. The molecular formula is C16H12ClN4O2-. The minimum absolute atomic E-state index is 0.110. The van der Waals surface area contributed by atoms with Crippen LogP contribution in [0.3, 0.4) is 0 Å². The third-order valence-corrected chi connectivity index (χ3v) is 3.51. The number of anilines is 1. The van der Waals surface area contributed by atoms with Gasteiger partial charge < -0.3 is 15.7 Å². The molecule has 6 nitrogen and oxygen atoms in total. The van der Waals surface area contributed by atoms with Gasteiger partial charge in [-0.1, -0.05) is 29.8 Å². The van der Waals surface area contributed by atoms with Crippen LogP contribution in [0.15, 0.2) is 71.1 Å². The molecule has 23 heavy (non-hydrogen) atoms. The van der Waals surface area contributed by atoms with Crippen molar-refractivity contribution in [2.75, 3.05) is 5.32 Å². The third kappa shape index (κ3) is 3.27. The summed E-state index contributed by atoms with van der Waals surface area (Å²) < 4.78 is 0. The van der Waals surface area contributed by atoms with Crippen molar-refractivity contribution in [1.29, 1.82) is 0 Å². The molecule has 3 rings (SSSR count). The van der Waals surface area contributed by atoms with Crippen molar-refractivity contribution < 1.29 is 4.90 Å². The molecule has 0 radical (unpaired) electrons. The van der Waals surface area contributed by atoms with E-state index in [1.165, 1.54) is 18.2 Å². The van der Waals surface area contributed by atoms with Crippen molar-refractivity contribution in [2.24, 2.45) is 5.10 Å². The van der Waals surface area contributed by atoms with E-state index in [0.29, 0.717) is 5.03 Å². The smallest absolute Gasteiger partial charge is 0.250 e. The van der Waals surface area contributed by atoms with Crippen LogP contribution in [0.4, 0.5) is 5.69 Å². The van der Waals surface area contributed by atoms with Gasteiger partial charge in [-0.2, -0.15) is 10.0 Å². The van der Waals surface area contributed by atoms with Crippen molar-refractivity contribution in [3.63, 3.8) is 0 Å². The molecule has 2 aliphatic rings. The highest BCUT2D eigenvalue weighted by Gasteiger charge is 2.15. The first-order valence-electron chi connectivity index (χ1n) is 6.78. The summed E-state index contributed by atoms with van der Waals surface area (Å²) in [5.41, 5.74) is 5.72. The summed E-state index contributed by atoms with van der Waals surface area (Å²) in [4.78, 5) is -0.496. The molecule has 1 aliphatic heterocycles. The van der Waals surface area contributed by atoms with Crippen LogP contribution in [-0.2, 0) is 0 Å². The molecule has 0 spiro atoms. The summed E-state index contributed by atoms with van der Waals surface area (Å²) in [5.74, 6) is 0. The number of rotatable bonds is 2. The van der Waals surface area contributed by atoms with Crippen LogP contribution in [-0.4, -0.2) is 16.3 Å². The quantitative estimate of drug-likeness (QED) is 0.496. The Bertz CT molecular complexity index is 815. The van der Waals surface area contributed by atoms with Gasteiger partial charge in [-0.25, -0.2) is 0 Å². The van der Waals surface area contributed by atoms with Crippen LogP contribution in [0.5, 0.6) is 0 Å². The Hall–Kier alpha value is -2.99. The van der Waals surface area contributed by atoms with E-state index in [4.69, 9.17) is 11.6 Å². The number of allylic oxidation sites excluding steroid dienone is 6. The van der Waals surface area contributed by atoms with Gasteiger partial charge in [-0.05, 0) is 24.3 Å². The predicted molar refractivity (Wildman–Crippen MR) is 92.8 cm³/mol. The van der Waals surface area contributed by atoms with E-state index in [-0.39, 0.29) is 11.4 Å². The van der Waals surface area contributed by atoms with Crippen molar-refractivity contribution >= 4 is 34.3 Å². The molecule has 1 aromatic rings. The minimum Gasteiger partial charge on any atom is -0.612 e. The zero-order valence-electron chi connectivity index (χ0n) is 11.9. The summed E-state index contributed by atoms with van der Waals surface area (Å²) >= 11 is 5.87. The molecule has 0 saturated heterocycles. The molecule has 0 aromatic heterocycles. The zero-order valence-corrected chi connectivity index (χ0v) is 12.6. The minimum atomic E-state index is -0.496. The number of nitrogens with one attached hydrogen (secondary N) is 2. The first-order valence-corrected chi connectivity index (χ1v) is 7.16. The molecule has 2 N–H and O–H groups in total. The zero-order chi connectivity index (χ0) is 16.2. The maximum Gasteiger partial charge on any atom is 0.250 e. The van der Waals surface area contributed by atoms with Crippen LogP contribution in [0, 0.1) is 10.4 Å². The Kier molecular flexibility index (Phi) is 4.16. The largest absolute Gasteiger partial charge is 0.612 e. The van der Waals surface area contributed by atoms with Crippen LogP contribution in [0.1, 0.15) is 5.56 Å². The molecule has 0 amide bonds. The Morgan fingerprint density at radius 1 is 1.17 bits per heavy atom. The molecule has 0 atom stereocenters. The number of fused-ring (bicyclic) bond motifs is 1. The molecule has 0 saturated carbocycles. The number of halogens is 1. The summed E-state index contributed by atoms with van der Waals surface area (Å²) in [6.45, 7) is 0. The van der Waals surface area contributed by atoms with Crippen LogP contribution in [0.2, 0.25) is 0 Å². The Balaban J connectivity index is 1.86. The van der Waals surface area contributed by atoms with E-state index >= 15 is 0 Å². The number of hydrogen-bond donors (Lipinski definition) is 2. The molecule has 1 heterocycles. The lowest BCUT2D eigenvalue weighted by Crippen LogP contribution is -2.22. The molecule has 1 aromatic carbocycles. The van der Waals surface area contributed by atoms with Gasteiger partial charge in [0.2, 0.25) is 0 Å². The maximum absolute atomic E-state index is 11.0. The molecule has 0 fully saturated rings. The fourth-order valence-corrected chi connectivity index (χ4v) is 2.38. The van der Waals surface area contributed by atoms with Crippen molar-refractivity contribution in [3.05, 3.63) is 82.0 Å². The van der Waals surface area contributed by atoms with E-state index in [2.05, 4.69) is 15.8 Å². The molecule has 116 valence electrons. The molecular weight excluding hydrogens is 316 g/mol. The second-order valence-electron chi connectivity index (χ2n) is 4.75. The van der Waals surface area contributed by atoms with Gasteiger partial charge >= 0.3 is 0 Å². The third-order valence-electron chi connectivity index (χ3n) is 3.28. The summed E-state index contributed by atoms with van der Waals surface area (Å²) in [6, 6.07) is 7.81. The molecule has 0 unspecified atom stereocenters. The fourth-order valence-electron chi connectivity index (χ4n) is 2.21. The van der Waals surface area contributed by atoms with E-state index in [1.54, 1.807) is 6.20 Å². The van der Waals surface area contributed by atoms with Crippen LogP contribution >= 0.6 is 11.6 Å². The number of para-hydroxylation sites is 1. The highest BCUT2D eigenvalue weighted by Crippen LogP contribution is 2.27. The van der Waals surface area contributed by atoms with Gasteiger partial charge in [0.05, 0.1) is 0 Å². The Labute approximate surface area is 137 Å².